The van der Waals surface area contributed by atoms with Gasteiger partial charge in [-0.05, 0) is 54.8 Å². The third kappa shape index (κ3) is 3.99. The Morgan fingerprint density at radius 3 is 2.29 bits per heavy atom. The standard InChI is InChI=1S/C19H17N3O2/c20-11-13-1-5-15(6-2-13)18(23)21-12-14-3-9-17(10-4-14)22-19(24)16-7-8-16/h1-6,9-10,16H,7-8,12H2,(H,21,23)(H,22,24). The number of carbonyl (C=O) groups is 2. The average molecular weight is 319 g/mol. The molecule has 24 heavy (non-hydrogen) atoms. The van der Waals surface area contributed by atoms with Gasteiger partial charge in [-0.2, -0.15) is 5.26 Å². The monoisotopic (exact) mass is 319 g/mol. The molecule has 0 saturated heterocycles. The van der Waals surface area contributed by atoms with Crippen LogP contribution in [0.25, 0.3) is 0 Å². The van der Waals surface area contributed by atoms with Crippen molar-refractivity contribution in [2.45, 2.75) is 19.4 Å². The van der Waals surface area contributed by atoms with Crippen molar-refractivity contribution in [3.8, 4) is 6.07 Å². The van der Waals surface area contributed by atoms with E-state index in [0.717, 1.165) is 24.1 Å². The molecule has 1 saturated carbocycles. The Labute approximate surface area is 140 Å². The molecule has 2 amide bonds. The van der Waals surface area contributed by atoms with E-state index in [4.69, 9.17) is 5.26 Å². The smallest absolute Gasteiger partial charge is 0.251 e. The zero-order valence-electron chi connectivity index (χ0n) is 13.1. The summed E-state index contributed by atoms with van der Waals surface area (Å²) in [4.78, 5) is 23.7. The fourth-order valence-electron chi connectivity index (χ4n) is 2.28. The lowest BCUT2D eigenvalue weighted by molar-refractivity contribution is -0.117. The highest BCUT2D eigenvalue weighted by atomic mass is 16.2. The van der Waals surface area contributed by atoms with Crippen LogP contribution in [0.5, 0.6) is 0 Å². The number of hydrogen-bond acceptors (Lipinski definition) is 3. The lowest BCUT2D eigenvalue weighted by atomic mass is 10.1. The Hall–Kier alpha value is -3.13. The van der Waals surface area contributed by atoms with Gasteiger partial charge in [-0.3, -0.25) is 9.59 Å². The summed E-state index contributed by atoms with van der Waals surface area (Å²) < 4.78 is 0. The number of amides is 2. The van der Waals surface area contributed by atoms with Gasteiger partial charge < -0.3 is 10.6 Å². The second-order valence-electron chi connectivity index (χ2n) is 5.83. The van der Waals surface area contributed by atoms with E-state index in [1.54, 1.807) is 24.3 Å². The molecule has 2 N–H and O–H groups in total. The molecular weight excluding hydrogens is 302 g/mol. The van der Waals surface area contributed by atoms with Crippen LogP contribution < -0.4 is 10.6 Å². The summed E-state index contributed by atoms with van der Waals surface area (Å²) in [5, 5.41) is 14.5. The van der Waals surface area contributed by atoms with Gasteiger partial charge in [0.15, 0.2) is 0 Å². The Kier molecular flexibility index (Phi) is 4.57. The normalized spacial score (nSPS) is 13.0. The molecular formula is C19H17N3O2. The highest BCUT2D eigenvalue weighted by Crippen LogP contribution is 2.30. The fourth-order valence-corrected chi connectivity index (χ4v) is 2.28. The summed E-state index contributed by atoms with van der Waals surface area (Å²) in [5.74, 6) is 0.0684. The van der Waals surface area contributed by atoms with Gasteiger partial charge in [-0.15, -0.1) is 0 Å². The summed E-state index contributed by atoms with van der Waals surface area (Å²) in [6, 6.07) is 15.9. The molecule has 2 aromatic rings. The molecule has 0 bridgehead atoms. The Morgan fingerprint density at radius 2 is 1.71 bits per heavy atom. The largest absolute Gasteiger partial charge is 0.348 e. The Morgan fingerprint density at radius 1 is 1.04 bits per heavy atom. The summed E-state index contributed by atoms with van der Waals surface area (Å²) in [6.07, 6.45) is 1.95. The first-order valence-corrected chi connectivity index (χ1v) is 7.84. The molecule has 5 heteroatoms. The SMILES string of the molecule is N#Cc1ccc(C(=O)NCc2ccc(NC(=O)C3CC3)cc2)cc1. The van der Waals surface area contributed by atoms with E-state index in [0.29, 0.717) is 17.7 Å². The third-order valence-electron chi connectivity index (χ3n) is 3.90. The first kappa shape index (κ1) is 15.8. The summed E-state index contributed by atoms with van der Waals surface area (Å²) in [7, 11) is 0. The first-order valence-electron chi connectivity index (χ1n) is 7.84. The van der Waals surface area contributed by atoms with Crippen molar-refractivity contribution >= 4 is 17.5 Å². The molecule has 0 unspecified atom stereocenters. The molecule has 0 heterocycles. The molecule has 0 radical (unpaired) electrons. The quantitative estimate of drug-likeness (QED) is 0.889. The number of rotatable bonds is 5. The zero-order valence-corrected chi connectivity index (χ0v) is 13.1. The zero-order chi connectivity index (χ0) is 16.9. The van der Waals surface area contributed by atoms with Crippen LogP contribution in [0.4, 0.5) is 5.69 Å². The number of nitrogens with one attached hydrogen (secondary N) is 2. The number of carbonyl (C=O) groups excluding carboxylic acids is 2. The maximum atomic E-state index is 12.1. The van der Waals surface area contributed by atoms with E-state index in [9.17, 15) is 9.59 Å². The maximum Gasteiger partial charge on any atom is 0.251 e. The lowest BCUT2D eigenvalue weighted by Crippen LogP contribution is -2.22. The highest BCUT2D eigenvalue weighted by molar-refractivity contribution is 5.94. The average Bonchev–Trinajstić information content (AvgIpc) is 3.46. The van der Waals surface area contributed by atoms with E-state index in [2.05, 4.69) is 10.6 Å². The van der Waals surface area contributed by atoms with Crippen molar-refractivity contribution in [3.05, 3.63) is 65.2 Å². The van der Waals surface area contributed by atoms with Crippen LogP contribution in [0.2, 0.25) is 0 Å². The molecule has 0 aliphatic heterocycles. The van der Waals surface area contributed by atoms with Crippen LogP contribution in [-0.4, -0.2) is 11.8 Å². The molecule has 2 aromatic carbocycles. The number of benzene rings is 2. The predicted octanol–water partition coefficient (Wildman–Crippen LogP) is 2.84. The maximum absolute atomic E-state index is 12.1. The predicted molar refractivity (Wildman–Crippen MR) is 90.1 cm³/mol. The van der Waals surface area contributed by atoms with Gasteiger partial charge in [0, 0.05) is 23.7 Å². The summed E-state index contributed by atoms with van der Waals surface area (Å²) >= 11 is 0. The Bertz CT molecular complexity index is 785. The number of anilines is 1. The van der Waals surface area contributed by atoms with Gasteiger partial charge in [-0.1, -0.05) is 12.1 Å². The topological polar surface area (TPSA) is 82.0 Å². The molecule has 5 nitrogen and oxygen atoms in total. The molecule has 120 valence electrons. The molecule has 0 spiro atoms. The van der Waals surface area contributed by atoms with Crippen LogP contribution in [0.3, 0.4) is 0 Å². The minimum Gasteiger partial charge on any atom is -0.348 e. The van der Waals surface area contributed by atoms with E-state index in [1.807, 2.05) is 30.3 Å². The molecule has 1 fully saturated rings. The number of nitrogens with zero attached hydrogens (tertiary/aromatic N) is 1. The summed E-state index contributed by atoms with van der Waals surface area (Å²) in [6.45, 7) is 0.398. The number of nitriles is 1. The van der Waals surface area contributed by atoms with E-state index in [1.165, 1.54) is 0 Å². The van der Waals surface area contributed by atoms with Crippen molar-refractivity contribution in [1.82, 2.24) is 5.32 Å². The van der Waals surface area contributed by atoms with E-state index >= 15 is 0 Å². The minimum atomic E-state index is -0.189. The third-order valence-corrected chi connectivity index (χ3v) is 3.90. The van der Waals surface area contributed by atoms with Gasteiger partial charge in [0.2, 0.25) is 5.91 Å². The van der Waals surface area contributed by atoms with Crippen LogP contribution in [-0.2, 0) is 11.3 Å². The second-order valence-corrected chi connectivity index (χ2v) is 5.83. The van der Waals surface area contributed by atoms with E-state index < -0.39 is 0 Å². The van der Waals surface area contributed by atoms with Crippen molar-refractivity contribution in [2.75, 3.05) is 5.32 Å². The minimum absolute atomic E-state index is 0.0804. The van der Waals surface area contributed by atoms with Crippen LogP contribution in [0, 0.1) is 17.2 Å². The van der Waals surface area contributed by atoms with Crippen molar-refractivity contribution in [3.63, 3.8) is 0 Å². The summed E-state index contributed by atoms with van der Waals surface area (Å²) in [5.41, 5.74) is 2.76. The lowest BCUT2D eigenvalue weighted by Gasteiger charge is -2.08. The molecule has 3 rings (SSSR count). The van der Waals surface area contributed by atoms with Gasteiger partial charge in [-0.25, -0.2) is 0 Å². The van der Waals surface area contributed by atoms with Gasteiger partial charge in [0.05, 0.1) is 11.6 Å². The molecule has 1 aliphatic carbocycles. The molecule has 0 atom stereocenters. The first-order chi connectivity index (χ1) is 11.7. The van der Waals surface area contributed by atoms with Gasteiger partial charge in [0.25, 0.3) is 5.91 Å². The van der Waals surface area contributed by atoms with Crippen molar-refractivity contribution in [2.24, 2.45) is 5.92 Å². The van der Waals surface area contributed by atoms with Crippen LogP contribution in [0.1, 0.15) is 34.3 Å². The van der Waals surface area contributed by atoms with Crippen LogP contribution >= 0.6 is 0 Å². The van der Waals surface area contributed by atoms with Gasteiger partial charge in [0.1, 0.15) is 0 Å². The molecule has 0 aromatic heterocycles. The van der Waals surface area contributed by atoms with Crippen molar-refractivity contribution < 1.29 is 9.59 Å². The second kappa shape index (κ2) is 6.97. The van der Waals surface area contributed by atoms with Crippen molar-refractivity contribution in [1.29, 1.82) is 5.26 Å². The Balaban J connectivity index is 1.52. The van der Waals surface area contributed by atoms with Gasteiger partial charge >= 0.3 is 0 Å². The van der Waals surface area contributed by atoms with Crippen LogP contribution in [0.15, 0.2) is 48.5 Å². The highest BCUT2D eigenvalue weighted by Gasteiger charge is 2.29. The fraction of sp³-hybridized carbons (Fsp3) is 0.211. The van der Waals surface area contributed by atoms with E-state index in [-0.39, 0.29) is 17.7 Å². The number of hydrogen-bond donors (Lipinski definition) is 2. The molecule has 1 aliphatic rings.